The monoisotopic (exact) mass is 619 g/mol. The van der Waals surface area contributed by atoms with Crippen molar-refractivity contribution in [2.24, 2.45) is 52.3 Å². The van der Waals surface area contributed by atoms with Crippen LogP contribution in [0.2, 0.25) is 0 Å². The fourth-order valence-corrected chi connectivity index (χ4v) is 10.2. The van der Waals surface area contributed by atoms with Crippen LogP contribution >= 0.6 is 0 Å². The lowest BCUT2D eigenvalue weighted by Gasteiger charge is -2.59. The van der Waals surface area contributed by atoms with Gasteiger partial charge in [0.2, 0.25) is 0 Å². The van der Waals surface area contributed by atoms with Gasteiger partial charge in [0, 0.05) is 11.4 Å². The van der Waals surface area contributed by atoms with Crippen molar-refractivity contribution in [3.63, 3.8) is 0 Å². The second-order valence-electron chi connectivity index (χ2n) is 16.6. The van der Waals surface area contributed by atoms with Gasteiger partial charge in [-0.3, -0.25) is 0 Å². The molecular formula is C41H66N2O2. The summed E-state index contributed by atoms with van der Waals surface area (Å²) in [5, 5.41) is 0. The summed E-state index contributed by atoms with van der Waals surface area (Å²) in [6.45, 7) is 18.9. The van der Waals surface area contributed by atoms with Gasteiger partial charge in [-0.15, -0.1) is 0 Å². The first-order valence-electron chi connectivity index (χ1n) is 18.5. The fraction of sp³-hybridized carbons (Fsp3) is 0.732. The number of hydrogen-bond donors (Lipinski definition) is 2. The van der Waals surface area contributed by atoms with Crippen molar-refractivity contribution in [2.45, 2.75) is 139 Å². The van der Waals surface area contributed by atoms with Crippen LogP contribution in [-0.4, -0.2) is 12.1 Å². The lowest BCUT2D eigenvalue weighted by atomic mass is 9.46. The lowest BCUT2D eigenvalue weighted by molar-refractivity contribution is -0.0844. The molecular weight excluding hydrogens is 552 g/mol. The number of esters is 1. The van der Waals surface area contributed by atoms with E-state index in [9.17, 15) is 4.79 Å². The number of carbonyl (C=O) groups is 1. The van der Waals surface area contributed by atoms with E-state index in [1.807, 2.05) is 0 Å². The van der Waals surface area contributed by atoms with Crippen molar-refractivity contribution in [1.82, 2.24) is 0 Å². The standard InChI is InChI=1S/C34H52N2O2.C7H14/c1-21(2)7-6-8-22(3)29-11-12-30-28-10-9-24-19-27(38-32(37)23-17-25(35)20-26(36)18-23)13-15-33(24,4)31(28)14-16-34(29,30)5;1-4-5-6-7(2)3/h9-10,17-18,20-22,24,27-31H,6-8,11-16,19,35-36H2,1-5H3;6H,4-5H2,1-3H3. The Kier molecular flexibility index (Phi) is 12.0. The number of anilines is 2. The van der Waals surface area contributed by atoms with Crippen LogP contribution in [0.1, 0.15) is 143 Å². The van der Waals surface area contributed by atoms with Crippen LogP contribution in [0.15, 0.2) is 42.0 Å². The zero-order chi connectivity index (χ0) is 32.9. The maximum atomic E-state index is 12.9. The third-order valence-corrected chi connectivity index (χ3v) is 12.6. The molecule has 0 aliphatic heterocycles. The quantitative estimate of drug-likeness (QED) is 0.164. The number of benzene rings is 1. The average Bonchev–Trinajstić information content (AvgIpc) is 3.33. The molecule has 4 aliphatic carbocycles. The van der Waals surface area contributed by atoms with Crippen LogP contribution in [-0.2, 0) is 4.74 Å². The Bertz CT molecular complexity index is 1180. The topological polar surface area (TPSA) is 78.3 Å². The van der Waals surface area contributed by atoms with Gasteiger partial charge in [0.15, 0.2) is 0 Å². The minimum atomic E-state index is -0.303. The highest BCUT2D eigenvalue weighted by molar-refractivity contribution is 5.91. The number of allylic oxidation sites excluding steroid dienone is 4. The Morgan fingerprint density at radius 2 is 1.60 bits per heavy atom. The van der Waals surface area contributed by atoms with Crippen LogP contribution in [0.25, 0.3) is 0 Å². The van der Waals surface area contributed by atoms with Gasteiger partial charge in [0.05, 0.1) is 5.56 Å². The van der Waals surface area contributed by atoms with E-state index >= 15 is 0 Å². The van der Waals surface area contributed by atoms with E-state index in [0.717, 1.165) is 54.8 Å². The Morgan fingerprint density at radius 1 is 0.933 bits per heavy atom. The number of ether oxygens (including phenoxy) is 1. The van der Waals surface area contributed by atoms with Crippen LogP contribution in [0.3, 0.4) is 0 Å². The van der Waals surface area contributed by atoms with Gasteiger partial charge in [-0.2, -0.15) is 0 Å². The molecule has 9 atom stereocenters. The number of rotatable bonds is 9. The number of carbonyl (C=O) groups excluding carboxylic acids is 1. The summed E-state index contributed by atoms with van der Waals surface area (Å²) in [5.41, 5.74) is 15.5. The van der Waals surface area contributed by atoms with Crippen LogP contribution in [0, 0.1) is 52.3 Å². The molecule has 4 heteroatoms. The van der Waals surface area contributed by atoms with E-state index in [1.54, 1.807) is 18.2 Å². The summed E-state index contributed by atoms with van der Waals surface area (Å²) in [7, 11) is 0. The molecule has 1 aromatic rings. The molecule has 9 unspecified atom stereocenters. The largest absolute Gasteiger partial charge is 0.459 e. The maximum Gasteiger partial charge on any atom is 0.338 e. The zero-order valence-electron chi connectivity index (χ0n) is 30.0. The van der Waals surface area contributed by atoms with Crippen molar-refractivity contribution in [3.05, 3.63) is 47.6 Å². The van der Waals surface area contributed by atoms with Gasteiger partial charge in [-0.05, 0) is 136 Å². The summed E-state index contributed by atoms with van der Waals surface area (Å²) in [4.78, 5) is 12.9. The second-order valence-corrected chi connectivity index (χ2v) is 16.6. The van der Waals surface area contributed by atoms with Crippen molar-refractivity contribution >= 4 is 17.3 Å². The smallest absolute Gasteiger partial charge is 0.338 e. The number of fused-ring (bicyclic) bond motifs is 5. The number of nitrogen functional groups attached to an aromatic ring is 2. The Labute approximate surface area is 276 Å². The molecule has 0 radical (unpaired) electrons. The fourth-order valence-electron chi connectivity index (χ4n) is 10.2. The highest BCUT2D eigenvalue weighted by Gasteiger charge is 2.59. The van der Waals surface area contributed by atoms with Crippen molar-refractivity contribution in [2.75, 3.05) is 11.5 Å². The molecule has 0 aromatic heterocycles. The molecule has 45 heavy (non-hydrogen) atoms. The summed E-state index contributed by atoms with van der Waals surface area (Å²) in [6.07, 6.45) is 22.6. The molecule has 3 fully saturated rings. The van der Waals surface area contributed by atoms with E-state index in [-0.39, 0.29) is 12.1 Å². The number of nitrogens with two attached hydrogens (primary N) is 2. The summed E-state index contributed by atoms with van der Waals surface area (Å²) in [6, 6.07) is 4.99. The second kappa shape index (κ2) is 15.1. The van der Waals surface area contributed by atoms with Gasteiger partial charge < -0.3 is 16.2 Å². The molecule has 4 aliphatic rings. The summed E-state index contributed by atoms with van der Waals surface area (Å²) < 4.78 is 6.01. The van der Waals surface area contributed by atoms with Crippen molar-refractivity contribution in [3.8, 4) is 0 Å². The third-order valence-electron chi connectivity index (χ3n) is 12.6. The predicted molar refractivity (Wildman–Crippen MR) is 192 cm³/mol. The molecule has 0 bridgehead atoms. The molecule has 252 valence electrons. The van der Waals surface area contributed by atoms with Gasteiger partial charge in [-0.1, -0.05) is 91.0 Å². The Morgan fingerprint density at radius 3 is 2.22 bits per heavy atom. The van der Waals surface area contributed by atoms with E-state index in [2.05, 4.69) is 73.6 Å². The number of unbranched alkanes of at least 4 members (excludes halogenated alkanes) is 1. The Balaban J connectivity index is 0.000000591. The molecule has 0 spiro atoms. The SMILES string of the molecule is CC(C)CCCC(C)C1CCC2C3C=CC4CC(OC(=O)c5cc(N)cc(N)c5)CCC4(C)C3CCC12C.CCCC=C(C)C. The zero-order valence-corrected chi connectivity index (χ0v) is 30.0. The van der Waals surface area contributed by atoms with Crippen molar-refractivity contribution in [1.29, 1.82) is 0 Å². The van der Waals surface area contributed by atoms with E-state index in [0.29, 0.717) is 33.7 Å². The van der Waals surface area contributed by atoms with E-state index in [4.69, 9.17) is 16.2 Å². The van der Waals surface area contributed by atoms with E-state index < -0.39 is 0 Å². The predicted octanol–water partition coefficient (Wildman–Crippen LogP) is 11.0. The summed E-state index contributed by atoms with van der Waals surface area (Å²) in [5.74, 6) is 5.04. The molecule has 0 heterocycles. The molecule has 4 nitrogen and oxygen atoms in total. The first-order chi connectivity index (χ1) is 21.3. The molecule has 0 saturated heterocycles. The number of hydrogen-bond acceptors (Lipinski definition) is 4. The lowest BCUT2D eigenvalue weighted by Crippen LogP contribution is -2.52. The minimum Gasteiger partial charge on any atom is -0.459 e. The molecule has 5 rings (SSSR count). The molecule has 1 aromatic carbocycles. The van der Waals surface area contributed by atoms with E-state index in [1.165, 1.54) is 63.4 Å². The Hall–Kier alpha value is -2.23. The van der Waals surface area contributed by atoms with Gasteiger partial charge >= 0.3 is 5.97 Å². The van der Waals surface area contributed by atoms with Gasteiger partial charge in [-0.25, -0.2) is 4.79 Å². The average molecular weight is 619 g/mol. The van der Waals surface area contributed by atoms with Crippen LogP contribution < -0.4 is 11.5 Å². The summed E-state index contributed by atoms with van der Waals surface area (Å²) >= 11 is 0. The first-order valence-corrected chi connectivity index (χ1v) is 18.5. The maximum absolute atomic E-state index is 12.9. The molecule has 0 amide bonds. The van der Waals surface area contributed by atoms with Crippen molar-refractivity contribution < 1.29 is 9.53 Å². The first kappa shape index (κ1) is 35.6. The van der Waals surface area contributed by atoms with Crippen LogP contribution in [0.4, 0.5) is 11.4 Å². The van der Waals surface area contributed by atoms with Gasteiger partial charge in [0.25, 0.3) is 0 Å². The minimum absolute atomic E-state index is 0.0409. The molecule has 4 N–H and O–H groups in total. The van der Waals surface area contributed by atoms with Gasteiger partial charge in [0.1, 0.15) is 6.10 Å². The van der Waals surface area contributed by atoms with Crippen LogP contribution in [0.5, 0.6) is 0 Å². The third kappa shape index (κ3) is 8.20. The molecule has 3 saturated carbocycles. The normalized spacial score (nSPS) is 34.1. The highest BCUT2D eigenvalue weighted by Crippen LogP contribution is 2.67. The highest BCUT2D eigenvalue weighted by atomic mass is 16.5.